The molecule has 1 fully saturated rings. The first kappa shape index (κ1) is 23.9. The second-order valence-corrected chi connectivity index (χ2v) is 9.67. The summed E-state index contributed by atoms with van der Waals surface area (Å²) in [7, 11) is 1.35. The van der Waals surface area contributed by atoms with Crippen molar-refractivity contribution in [2.24, 2.45) is 11.3 Å². The van der Waals surface area contributed by atoms with E-state index in [1.165, 1.54) is 18.4 Å². The van der Waals surface area contributed by atoms with Crippen LogP contribution in [0, 0.1) is 25.2 Å². The monoisotopic (exact) mass is 438 g/mol. The number of hydrogen-bond donors (Lipinski definition) is 1. The molecule has 1 aliphatic rings. The molecule has 0 aromatic carbocycles. The molecule has 0 unspecified atom stereocenters. The molecule has 2 rings (SSSR count). The Hall–Kier alpha value is -2.42. The maximum Gasteiger partial charge on any atom is 0.341 e. The number of nitrogens with one attached hydrogen (secondary N) is 1. The van der Waals surface area contributed by atoms with Gasteiger partial charge in [0.2, 0.25) is 5.91 Å². The fraction of sp³-hybridized carbons (Fsp3) is 0.619. The summed E-state index contributed by atoms with van der Waals surface area (Å²) in [6.45, 7) is 9.46. The first-order chi connectivity index (χ1) is 14.0. The van der Waals surface area contributed by atoms with Crippen LogP contribution in [0.15, 0.2) is 0 Å². The summed E-state index contributed by atoms with van der Waals surface area (Å²) in [4.78, 5) is 51.5. The molecule has 1 N–H and O–H groups in total. The molecule has 2 heterocycles. The van der Waals surface area contributed by atoms with Gasteiger partial charge in [0.15, 0.2) is 6.61 Å². The van der Waals surface area contributed by atoms with Gasteiger partial charge < -0.3 is 19.7 Å². The molecular formula is C21H30N2O6S. The Morgan fingerprint density at radius 2 is 1.73 bits per heavy atom. The highest BCUT2D eigenvalue weighted by Gasteiger charge is 2.30. The van der Waals surface area contributed by atoms with Gasteiger partial charge in [-0.05, 0) is 32.3 Å². The molecular weight excluding hydrogens is 408 g/mol. The first-order valence-electron chi connectivity index (χ1n) is 9.89. The van der Waals surface area contributed by atoms with E-state index < -0.39 is 11.4 Å². The van der Waals surface area contributed by atoms with Gasteiger partial charge in [-0.15, -0.1) is 11.3 Å². The van der Waals surface area contributed by atoms with Crippen LogP contribution in [0.4, 0.5) is 5.00 Å². The Bertz CT molecular complexity index is 831. The molecule has 0 spiro atoms. The van der Waals surface area contributed by atoms with Gasteiger partial charge in [0.1, 0.15) is 5.00 Å². The van der Waals surface area contributed by atoms with Gasteiger partial charge in [-0.25, -0.2) is 4.79 Å². The first-order valence-corrected chi connectivity index (χ1v) is 10.7. The highest BCUT2D eigenvalue weighted by molar-refractivity contribution is 7.16. The maximum absolute atomic E-state index is 12.7. The Kier molecular flexibility index (Phi) is 7.63. The lowest BCUT2D eigenvalue weighted by molar-refractivity contribution is -0.149. The number of methoxy groups -OCH3 is 1. The summed E-state index contributed by atoms with van der Waals surface area (Å²) in [6, 6.07) is 0. The van der Waals surface area contributed by atoms with E-state index in [2.05, 4.69) is 5.32 Å². The Balaban J connectivity index is 1.99. The van der Waals surface area contributed by atoms with Gasteiger partial charge in [-0.2, -0.15) is 0 Å². The summed E-state index contributed by atoms with van der Waals surface area (Å²) < 4.78 is 10.0. The van der Waals surface area contributed by atoms with Crippen molar-refractivity contribution in [3.63, 3.8) is 0 Å². The molecule has 8 nitrogen and oxygen atoms in total. The van der Waals surface area contributed by atoms with Crippen molar-refractivity contribution in [3.05, 3.63) is 16.0 Å². The lowest BCUT2D eigenvalue weighted by atomic mass is 9.96. The van der Waals surface area contributed by atoms with Crippen LogP contribution >= 0.6 is 11.3 Å². The summed E-state index contributed by atoms with van der Waals surface area (Å²) >= 11 is 1.31. The van der Waals surface area contributed by atoms with E-state index in [1.807, 2.05) is 6.92 Å². The summed E-state index contributed by atoms with van der Waals surface area (Å²) in [5.74, 6) is -1.62. The number of anilines is 1. The zero-order valence-corrected chi connectivity index (χ0v) is 19.2. The van der Waals surface area contributed by atoms with Crippen molar-refractivity contribution in [1.29, 1.82) is 0 Å². The Morgan fingerprint density at radius 1 is 1.13 bits per heavy atom. The van der Waals surface area contributed by atoms with Gasteiger partial charge >= 0.3 is 11.9 Å². The van der Waals surface area contributed by atoms with E-state index in [4.69, 9.17) is 9.47 Å². The van der Waals surface area contributed by atoms with Gasteiger partial charge in [0.25, 0.3) is 5.91 Å². The van der Waals surface area contributed by atoms with Crippen LogP contribution < -0.4 is 5.32 Å². The number of carbonyl (C=O) groups excluding carboxylic acids is 4. The van der Waals surface area contributed by atoms with Crippen molar-refractivity contribution in [2.45, 2.75) is 47.5 Å². The number of thiophene rings is 1. The minimum atomic E-state index is -0.640. The minimum absolute atomic E-state index is 0.202. The number of likely N-dealkylation sites (tertiary alicyclic amines) is 1. The number of ether oxygens (including phenoxy) is 2. The second kappa shape index (κ2) is 9.59. The van der Waals surface area contributed by atoms with Crippen LogP contribution in [-0.2, 0) is 23.9 Å². The second-order valence-electron chi connectivity index (χ2n) is 8.45. The number of esters is 2. The molecule has 0 atom stereocenters. The number of nitrogens with zero attached hydrogens (tertiary/aromatic N) is 1. The number of carbonyl (C=O) groups is 4. The zero-order chi connectivity index (χ0) is 22.6. The molecule has 1 aromatic rings. The predicted molar refractivity (Wildman–Crippen MR) is 113 cm³/mol. The third kappa shape index (κ3) is 5.59. The standard InChI is InChI=1S/C21H30N2O6S/c1-12-13(2)30-17(22-20(27)21(3,4)5)16(12)19(26)29-11-15(24)23-9-7-14(8-10-23)18(25)28-6/h14H,7-11H2,1-6H3,(H,22,27). The van der Waals surface area contributed by atoms with Crippen molar-refractivity contribution in [1.82, 2.24) is 4.90 Å². The molecule has 0 saturated carbocycles. The average Bonchev–Trinajstić information content (AvgIpc) is 2.97. The van der Waals surface area contributed by atoms with Gasteiger partial charge in [-0.1, -0.05) is 20.8 Å². The topological polar surface area (TPSA) is 102 Å². The fourth-order valence-corrected chi connectivity index (χ4v) is 4.12. The zero-order valence-electron chi connectivity index (χ0n) is 18.4. The molecule has 30 heavy (non-hydrogen) atoms. The van der Waals surface area contributed by atoms with E-state index >= 15 is 0 Å². The minimum Gasteiger partial charge on any atom is -0.469 e. The summed E-state index contributed by atoms with van der Waals surface area (Å²) in [6.07, 6.45) is 1.05. The number of aryl methyl sites for hydroxylation is 1. The third-order valence-corrected chi connectivity index (χ3v) is 6.33. The molecule has 1 saturated heterocycles. The number of amides is 2. The van der Waals surface area contributed by atoms with Crippen LogP contribution in [0.5, 0.6) is 0 Å². The highest BCUT2D eigenvalue weighted by Crippen LogP contribution is 2.34. The summed E-state index contributed by atoms with van der Waals surface area (Å²) in [5, 5.41) is 3.24. The van der Waals surface area contributed by atoms with E-state index in [0.29, 0.717) is 30.9 Å². The van der Waals surface area contributed by atoms with Crippen molar-refractivity contribution < 1.29 is 28.7 Å². The van der Waals surface area contributed by atoms with Crippen molar-refractivity contribution >= 4 is 40.1 Å². The summed E-state index contributed by atoms with van der Waals surface area (Å²) in [5.41, 5.74) is 0.395. The molecule has 1 aromatic heterocycles. The van der Waals surface area contributed by atoms with Crippen LogP contribution in [0.25, 0.3) is 0 Å². The molecule has 0 aliphatic carbocycles. The number of rotatable bonds is 5. The van der Waals surface area contributed by atoms with Crippen LogP contribution in [-0.4, -0.2) is 55.5 Å². The largest absolute Gasteiger partial charge is 0.469 e. The van der Waals surface area contributed by atoms with E-state index in [0.717, 1.165) is 10.4 Å². The number of piperidine rings is 1. The van der Waals surface area contributed by atoms with Gasteiger partial charge in [0, 0.05) is 23.4 Å². The quantitative estimate of drug-likeness (QED) is 0.709. The third-order valence-electron chi connectivity index (χ3n) is 5.21. The van der Waals surface area contributed by atoms with Crippen LogP contribution in [0.3, 0.4) is 0 Å². The van der Waals surface area contributed by atoms with E-state index in [9.17, 15) is 19.2 Å². The van der Waals surface area contributed by atoms with Crippen LogP contribution in [0.1, 0.15) is 54.4 Å². The maximum atomic E-state index is 12.7. The Morgan fingerprint density at radius 3 is 2.27 bits per heavy atom. The van der Waals surface area contributed by atoms with E-state index in [1.54, 1.807) is 32.6 Å². The van der Waals surface area contributed by atoms with Crippen molar-refractivity contribution in [3.8, 4) is 0 Å². The predicted octanol–water partition coefficient (Wildman–Crippen LogP) is 2.92. The van der Waals surface area contributed by atoms with E-state index in [-0.39, 0.29) is 35.9 Å². The van der Waals surface area contributed by atoms with Gasteiger partial charge in [-0.3, -0.25) is 14.4 Å². The highest BCUT2D eigenvalue weighted by atomic mass is 32.1. The lowest BCUT2D eigenvalue weighted by Crippen LogP contribution is -2.42. The smallest absolute Gasteiger partial charge is 0.341 e. The van der Waals surface area contributed by atoms with Gasteiger partial charge in [0.05, 0.1) is 18.6 Å². The lowest BCUT2D eigenvalue weighted by Gasteiger charge is -2.30. The average molecular weight is 439 g/mol. The van der Waals surface area contributed by atoms with Crippen molar-refractivity contribution in [2.75, 3.05) is 32.1 Å². The Labute approximate surface area is 180 Å². The number of hydrogen-bond acceptors (Lipinski definition) is 7. The normalized spacial score (nSPS) is 14.9. The van der Waals surface area contributed by atoms with Crippen LogP contribution in [0.2, 0.25) is 0 Å². The molecule has 0 radical (unpaired) electrons. The molecule has 1 aliphatic heterocycles. The molecule has 166 valence electrons. The molecule has 0 bridgehead atoms. The molecule has 9 heteroatoms. The SMILES string of the molecule is COC(=O)C1CCN(C(=O)COC(=O)c2c(NC(=O)C(C)(C)C)sc(C)c2C)CC1. The fourth-order valence-electron chi connectivity index (χ4n) is 3.07. The molecule has 2 amide bonds.